The lowest BCUT2D eigenvalue weighted by Gasteiger charge is -2.02. The Kier molecular flexibility index (Phi) is 2.81. The fraction of sp³-hybridized carbons (Fsp3) is 0.222. The number of aryl methyl sites for hydroxylation is 1. The van der Waals surface area contributed by atoms with Crippen LogP contribution in [0.15, 0.2) is 18.2 Å². The van der Waals surface area contributed by atoms with Crippen molar-refractivity contribution in [2.75, 3.05) is 12.3 Å². The number of rotatable bonds is 3. The highest BCUT2D eigenvalue weighted by Crippen LogP contribution is 2.14. The monoisotopic (exact) mass is 194 g/mol. The predicted octanol–water partition coefficient (Wildman–Crippen LogP) is 1.04. The standard InChI is InChI=1S/C9H10N2O3/c1-6-2-3-7(8(10)4-6)9(12)5-11(13)14/h2-4H,5,10H2,1H3. The van der Waals surface area contributed by atoms with Crippen LogP contribution in [0.1, 0.15) is 15.9 Å². The van der Waals surface area contributed by atoms with Crippen molar-refractivity contribution in [2.45, 2.75) is 6.92 Å². The van der Waals surface area contributed by atoms with E-state index in [2.05, 4.69) is 0 Å². The summed E-state index contributed by atoms with van der Waals surface area (Å²) in [4.78, 5) is 20.7. The van der Waals surface area contributed by atoms with Gasteiger partial charge in [-0.2, -0.15) is 0 Å². The molecular formula is C9H10N2O3. The summed E-state index contributed by atoms with van der Waals surface area (Å²) in [6.45, 7) is 1.12. The Morgan fingerprint density at radius 3 is 2.71 bits per heavy atom. The number of carbonyl (C=O) groups excluding carboxylic acids is 1. The maximum absolute atomic E-state index is 11.3. The van der Waals surface area contributed by atoms with Crippen LogP contribution in [0.4, 0.5) is 5.69 Å². The molecule has 0 unspecified atom stereocenters. The molecule has 0 aliphatic heterocycles. The Labute approximate surface area is 80.7 Å². The fourth-order valence-electron chi connectivity index (χ4n) is 1.14. The Balaban J connectivity index is 2.96. The van der Waals surface area contributed by atoms with E-state index in [1.807, 2.05) is 6.92 Å². The second-order valence-electron chi connectivity index (χ2n) is 3.00. The van der Waals surface area contributed by atoms with Crippen LogP contribution >= 0.6 is 0 Å². The Morgan fingerprint density at radius 2 is 2.21 bits per heavy atom. The lowest BCUT2D eigenvalue weighted by atomic mass is 10.1. The van der Waals surface area contributed by atoms with Crippen molar-refractivity contribution in [3.05, 3.63) is 39.4 Å². The van der Waals surface area contributed by atoms with Gasteiger partial charge < -0.3 is 5.73 Å². The minimum atomic E-state index is -0.715. The maximum atomic E-state index is 11.3. The van der Waals surface area contributed by atoms with Crippen molar-refractivity contribution in [1.29, 1.82) is 0 Å². The minimum absolute atomic E-state index is 0.215. The lowest BCUT2D eigenvalue weighted by Crippen LogP contribution is -2.15. The maximum Gasteiger partial charge on any atom is 0.265 e. The molecule has 1 aromatic rings. The molecule has 0 aliphatic rings. The van der Waals surface area contributed by atoms with Gasteiger partial charge in [-0.15, -0.1) is 0 Å². The number of carbonyl (C=O) groups is 1. The summed E-state index contributed by atoms with van der Waals surface area (Å²) >= 11 is 0. The molecular weight excluding hydrogens is 184 g/mol. The first kappa shape index (κ1) is 10.2. The molecule has 0 radical (unpaired) electrons. The van der Waals surface area contributed by atoms with E-state index in [4.69, 9.17) is 5.73 Å². The second kappa shape index (κ2) is 3.87. The van der Waals surface area contributed by atoms with Crippen molar-refractivity contribution < 1.29 is 9.72 Å². The van der Waals surface area contributed by atoms with Crippen molar-refractivity contribution in [3.8, 4) is 0 Å². The molecule has 2 N–H and O–H groups in total. The van der Waals surface area contributed by atoms with Crippen molar-refractivity contribution in [1.82, 2.24) is 0 Å². The van der Waals surface area contributed by atoms with Gasteiger partial charge in [-0.25, -0.2) is 0 Å². The lowest BCUT2D eigenvalue weighted by molar-refractivity contribution is -0.465. The topological polar surface area (TPSA) is 86.2 Å². The molecule has 1 rings (SSSR count). The number of nitrogens with two attached hydrogens (primary N) is 1. The number of benzene rings is 1. The van der Waals surface area contributed by atoms with Crippen LogP contribution in [-0.4, -0.2) is 17.3 Å². The van der Waals surface area contributed by atoms with Gasteiger partial charge in [0.15, 0.2) is 0 Å². The molecule has 1 aromatic carbocycles. The van der Waals surface area contributed by atoms with E-state index in [0.717, 1.165) is 5.56 Å². The number of nitro groups is 1. The number of nitrogens with zero attached hydrogens (tertiary/aromatic N) is 1. The SMILES string of the molecule is Cc1ccc(C(=O)C[N+](=O)[O-])c(N)c1. The van der Waals surface area contributed by atoms with Gasteiger partial charge in [-0.3, -0.25) is 14.9 Å². The molecule has 0 fully saturated rings. The summed E-state index contributed by atoms with van der Waals surface area (Å²) in [7, 11) is 0. The summed E-state index contributed by atoms with van der Waals surface area (Å²) in [6.07, 6.45) is 0. The summed E-state index contributed by atoms with van der Waals surface area (Å²) in [5.74, 6) is -0.562. The van der Waals surface area contributed by atoms with Gasteiger partial charge in [0.1, 0.15) is 0 Å². The zero-order valence-corrected chi connectivity index (χ0v) is 7.69. The molecule has 5 heteroatoms. The number of hydrogen-bond donors (Lipinski definition) is 1. The number of nitrogen functional groups attached to an aromatic ring is 1. The van der Waals surface area contributed by atoms with Crippen molar-refractivity contribution in [2.24, 2.45) is 0 Å². The van der Waals surface area contributed by atoms with Crippen LogP contribution < -0.4 is 5.73 Å². The first-order valence-corrected chi connectivity index (χ1v) is 4.02. The highest BCUT2D eigenvalue weighted by molar-refractivity contribution is 6.01. The van der Waals surface area contributed by atoms with E-state index >= 15 is 0 Å². The Morgan fingerprint density at radius 1 is 1.57 bits per heavy atom. The summed E-state index contributed by atoms with van der Waals surface area (Å²) < 4.78 is 0. The highest BCUT2D eigenvalue weighted by atomic mass is 16.6. The molecule has 0 atom stereocenters. The van der Waals surface area contributed by atoms with E-state index in [-0.39, 0.29) is 11.3 Å². The molecule has 0 bridgehead atoms. The molecule has 0 amide bonds. The van der Waals surface area contributed by atoms with Crippen LogP contribution in [0.5, 0.6) is 0 Å². The molecule has 0 heterocycles. The average molecular weight is 194 g/mol. The second-order valence-corrected chi connectivity index (χ2v) is 3.00. The third-order valence-electron chi connectivity index (χ3n) is 1.78. The Hall–Kier alpha value is -1.91. The summed E-state index contributed by atoms with van der Waals surface area (Å²) in [6, 6.07) is 4.83. The highest BCUT2D eigenvalue weighted by Gasteiger charge is 2.14. The van der Waals surface area contributed by atoms with Crippen LogP contribution in [-0.2, 0) is 0 Å². The van der Waals surface area contributed by atoms with Crippen LogP contribution in [0.2, 0.25) is 0 Å². The van der Waals surface area contributed by atoms with Gasteiger partial charge in [0.2, 0.25) is 5.78 Å². The number of ketones is 1. The van der Waals surface area contributed by atoms with Crippen LogP contribution in [0.25, 0.3) is 0 Å². The fourth-order valence-corrected chi connectivity index (χ4v) is 1.14. The predicted molar refractivity (Wildman–Crippen MR) is 51.8 cm³/mol. The molecule has 0 aromatic heterocycles. The zero-order chi connectivity index (χ0) is 10.7. The smallest absolute Gasteiger partial charge is 0.265 e. The number of anilines is 1. The first-order chi connectivity index (χ1) is 6.50. The molecule has 14 heavy (non-hydrogen) atoms. The quantitative estimate of drug-likeness (QED) is 0.337. The largest absolute Gasteiger partial charge is 0.398 e. The first-order valence-electron chi connectivity index (χ1n) is 4.02. The van der Waals surface area contributed by atoms with Gasteiger partial charge in [0.25, 0.3) is 6.54 Å². The average Bonchev–Trinajstić information content (AvgIpc) is 2.01. The van der Waals surface area contributed by atoms with Crippen LogP contribution in [0.3, 0.4) is 0 Å². The van der Waals surface area contributed by atoms with E-state index in [9.17, 15) is 14.9 Å². The summed E-state index contributed by atoms with van der Waals surface area (Å²) in [5.41, 5.74) is 6.98. The van der Waals surface area contributed by atoms with E-state index in [0.29, 0.717) is 0 Å². The summed E-state index contributed by atoms with van der Waals surface area (Å²) in [5, 5.41) is 10.1. The van der Waals surface area contributed by atoms with E-state index in [1.165, 1.54) is 6.07 Å². The molecule has 0 aliphatic carbocycles. The Bertz CT molecular complexity index is 388. The van der Waals surface area contributed by atoms with Crippen LogP contribution in [0, 0.1) is 17.0 Å². The molecule has 0 saturated carbocycles. The van der Waals surface area contributed by atoms with Gasteiger partial charge in [0.05, 0.1) is 0 Å². The van der Waals surface area contributed by atoms with Gasteiger partial charge in [-0.1, -0.05) is 6.07 Å². The number of Topliss-reactive ketones (excluding diaryl/α,β-unsaturated/α-hetero) is 1. The number of hydrogen-bond acceptors (Lipinski definition) is 4. The minimum Gasteiger partial charge on any atom is -0.398 e. The molecule has 5 nitrogen and oxygen atoms in total. The zero-order valence-electron chi connectivity index (χ0n) is 7.69. The van der Waals surface area contributed by atoms with Gasteiger partial charge in [-0.05, 0) is 24.6 Å². The van der Waals surface area contributed by atoms with Gasteiger partial charge >= 0.3 is 0 Å². The van der Waals surface area contributed by atoms with Crippen molar-refractivity contribution >= 4 is 11.5 Å². The molecule has 0 spiro atoms. The molecule has 0 saturated heterocycles. The van der Waals surface area contributed by atoms with E-state index < -0.39 is 17.3 Å². The van der Waals surface area contributed by atoms with Gasteiger partial charge in [0, 0.05) is 16.2 Å². The van der Waals surface area contributed by atoms with Crippen molar-refractivity contribution in [3.63, 3.8) is 0 Å². The third-order valence-corrected chi connectivity index (χ3v) is 1.78. The normalized spacial score (nSPS) is 9.79. The van der Waals surface area contributed by atoms with E-state index in [1.54, 1.807) is 12.1 Å². The third kappa shape index (κ3) is 2.29. The molecule has 74 valence electrons.